The van der Waals surface area contributed by atoms with Crippen molar-refractivity contribution in [2.75, 3.05) is 31.1 Å². The summed E-state index contributed by atoms with van der Waals surface area (Å²) in [6.07, 6.45) is -4.68. The summed E-state index contributed by atoms with van der Waals surface area (Å²) in [5.74, 6) is -0.894. The second-order valence-corrected chi connectivity index (χ2v) is 9.84. The van der Waals surface area contributed by atoms with Gasteiger partial charge in [0.05, 0.1) is 4.90 Å². The van der Waals surface area contributed by atoms with E-state index in [1.807, 2.05) is 19.9 Å². The Morgan fingerprint density at radius 2 is 1.50 bits per heavy atom. The minimum absolute atomic E-state index is 0.0111. The zero-order valence-electron chi connectivity index (χ0n) is 18.1. The van der Waals surface area contributed by atoms with Crippen LogP contribution in [0.2, 0.25) is 0 Å². The lowest BCUT2D eigenvalue weighted by molar-refractivity contribution is -0.146. The van der Waals surface area contributed by atoms with Gasteiger partial charge in [-0.25, -0.2) is 8.42 Å². The molecule has 32 heavy (non-hydrogen) atoms. The van der Waals surface area contributed by atoms with Gasteiger partial charge in [-0.2, -0.15) is 22.0 Å². The zero-order chi connectivity index (χ0) is 23.4. The van der Waals surface area contributed by atoms with Crippen LogP contribution in [0.4, 0.5) is 19.0 Å². The Kier molecular flexibility index (Phi) is 5.40. The summed E-state index contributed by atoms with van der Waals surface area (Å²) >= 11 is 0. The van der Waals surface area contributed by atoms with E-state index < -0.39 is 22.0 Å². The Bertz CT molecular complexity index is 1270. The average molecular weight is 469 g/mol. The van der Waals surface area contributed by atoms with E-state index in [9.17, 15) is 21.6 Å². The number of benzene rings is 1. The standard InChI is InChI=1S/C20H23F3N6O2S/c1-12-11-13(2)15(4)18(14(12)3)32(30,31)28-9-7-27(8-10-28)17-6-5-16-24-25-19(20(21,22)23)29(16)26-17/h5-6,11H,7-10H2,1-4H3. The number of piperazine rings is 1. The van der Waals surface area contributed by atoms with Gasteiger partial charge in [0.15, 0.2) is 5.65 Å². The van der Waals surface area contributed by atoms with Crippen molar-refractivity contribution >= 4 is 21.5 Å². The van der Waals surface area contributed by atoms with E-state index in [2.05, 4.69) is 15.3 Å². The van der Waals surface area contributed by atoms with Crippen LogP contribution in [0.15, 0.2) is 23.1 Å². The lowest BCUT2D eigenvalue weighted by Gasteiger charge is -2.35. The molecule has 0 radical (unpaired) electrons. The lowest BCUT2D eigenvalue weighted by atomic mass is 10.0. The largest absolute Gasteiger partial charge is 0.453 e. The Balaban J connectivity index is 1.59. The highest BCUT2D eigenvalue weighted by Crippen LogP contribution is 2.30. The second kappa shape index (κ2) is 7.69. The Labute approximate surface area is 183 Å². The second-order valence-electron chi connectivity index (χ2n) is 7.96. The van der Waals surface area contributed by atoms with Gasteiger partial charge in [-0.1, -0.05) is 6.07 Å². The third kappa shape index (κ3) is 3.71. The molecule has 0 spiro atoms. The number of nitrogens with zero attached hydrogens (tertiary/aromatic N) is 6. The first kappa shape index (κ1) is 22.5. The summed E-state index contributed by atoms with van der Waals surface area (Å²) < 4.78 is 68.4. The van der Waals surface area contributed by atoms with Crippen molar-refractivity contribution in [1.29, 1.82) is 0 Å². The Morgan fingerprint density at radius 1 is 0.906 bits per heavy atom. The van der Waals surface area contributed by atoms with E-state index in [1.165, 1.54) is 10.4 Å². The number of hydrogen-bond acceptors (Lipinski definition) is 6. The fourth-order valence-electron chi connectivity index (χ4n) is 3.98. The molecule has 4 rings (SSSR count). The van der Waals surface area contributed by atoms with Crippen LogP contribution in [0.3, 0.4) is 0 Å². The van der Waals surface area contributed by atoms with Gasteiger partial charge in [0.2, 0.25) is 10.0 Å². The van der Waals surface area contributed by atoms with Crippen LogP contribution in [0, 0.1) is 27.7 Å². The molecule has 1 aliphatic rings. The summed E-state index contributed by atoms with van der Waals surface area (Å²) in [5.41, 5.74) is 3.28. The van der Waals surface area contributed by atoms with Crippen LogP contribution >= 0.6 is 0 Å². The van der Waals surface area contributed by atoms with Gasteiger partial charge in [-0.05, 0) is 62.1 Å². The van der Waals surface area contributed by atoms with Crippen molar-refractivity contribution < 1.29 is 21.6 Å². The molecule has 0 aliphatic carbocycles. The molecule has 0 unspecified atom stereocenters. The molecule has 0 atom stereocenters. The first-order chi connectivity index (χ1) is 14.9. The lowest BCUT2D eigenvalue weighted by Crippen LogP contribution is -2.49. The van der Waals surface area contributed by atoms with E-state index in [0.29, 0.717) is 28.3 Å². The summed E-state index contributed by atoms with van der Waals surface area (Å²) in [5, 5.41) is 10.7. The highest BCUT2D eigenvalue weighted by atomic mass is 32.2. The summed E-state index contributed by atoms with van der Waals surface area (Å²) in [6.45, 7) is 8.38. The average Bonchev–Trinajstić information content (AvgIpc) is 3.16. The molecule has 12 heteroatoms. The Morgan fingerprint density at radius 3 is 2.06 bits per heavy atom. The molecule has 1 fully saturated rings. The number of halogens is 3. The smallest absolute Gasteiger partial charge is 0.353 e. The highest BCUT2D eigenvalue weighted by Gasteiger charge is 2.38. The maximum absolute atomic E-state index is 13.4. The van der Waals surface area contributed by atoms with E-state index in [4.69, 9.17) is 0 Å². The van der Waals surface area contributed by atoms with Crippen LogP contribution in [-0.4, -0.2) is 58.7 Å². The molecule has 0 amide bonds. The van der Waals surface area contributed by atoms with Crippen molar-refractivity contribution in [2.24, 2.45) is 0 Å². The van der Waals surface area contributed by atoms with Crippen molar-refractivity contribution in [3.63, 3.8) is 0 Å². The number of rotatable bonds is 3. The molecule has 2 aromatic heterocycles. The Hall–Kier alpha value is -2.73. The molecule has 1 aliphatic heterocycles. The predicted octanol–water partition coefficient (Wildman–Crippen LogP) is 2.89. The number of hydrogen-bond donors (Lipinski definition) is 0. The van der Waals surface area contributed by atoms with Crippen LogP contribution in [0.25, 0.3) is 5.65 Å². The number of alkyl halides is 3. The number of anilines is 1. The highest BCUT2D eigenvalue weighted by molar-refractivity contribution is 7.89. The third-order valence-electron chi connectivity index (χ3n) is 5.96. The van der Waals surface area contributed by atoms with Crippen molar-refractivity contribution in [2.45, 2.75) is 38.8 Å². The molecule has 1 aromatic carbocycles. The van der Waals surface area contributed by atoms with E-state index in [1.54, 1.807) is 24.8 Å². The summed E-state index contributed by atoms with van der Waals surface area (Å²) in [7, 11) is -3.71. The molecule has 1 saturated heterocycles. The van der Waals surface area contributed by atoms with Crippen LogP contribution in [0.1, 0.15) is 28.1 Å². The minimum atomic E-state index is -4.68. The van der Waals surface area contributed by atoms with Crippen molar-refractivity contribution in [3.05, 3.63) is 46.3 Å². The minimum Gasteiger partial charge on any atom is -0.353 e. The summed E-state index contributed by atoms with van der Waals surface area (Å²) in [4.78, 5) is 2.09. The fraction of sp³-hybridized carbons (Fsp3) is 0.450. The fourth-order valence-corrected chi connectivity index (χ4v) is 5.98. The van der Waals surface area contributed by atoms with Crippen molar-refractivity contribution in [3.8, 4) is 0 Å². The van der Waals surface area contributed by atoms with Crippen LogP contribution in [0.5, 0.6) is 0 Å². The van der Waals surface area contributed by atoms with Gasteiger partial charge >= 0.3 is 6.18 Å². The molecule has 3 aromatic rings. The van der Waals surface area contributed by atoms with Gasteiger partial charge in [0, 0.05) is 26.2 Å². The van der Waals surface area contributed by atoms with Gasteiger partial charge in [-0.3, -0.25) is 0 Å². The topological polar surface area (TPSA) is 83.7 Å². The molecule has 3 heterocycles. The zero-order valence-corrected chi connectivity index (χ0v) is 18.9. The van der Waals surface area contributed by atoms with Crippen molar-refractivity contribution in [1.82, 2.24) is 24.1 Å². The van der Waals surface area contributed by atoms with Gasteiger partial charge in [0.1, 0.15) is 5.82 Å². The van der Waals surface area contributed by atoms with Gasteiger partial charge in [0.25, 0.3) is 5.82 Å². The number of fused-ring (bicyclic) bond motifs is 1. The summed E-state index contributed by atoms with van der Waals surface area (Å²) in [6, 6.07) is 4.95. The molecule has 8 nitrogen and oxygen atoms in total. The van der Waals surface area contributed by atoms with E-state index >= 15 is 0 Å². The van der Waals surface area contributed by atoms with Crippen LogP contribution < -0.4 is 4.90 Å². The first-order valence-electron chi connectivity index (χ1n) is 10.0. The monoisotopic (exact) mass is 468 g/mol. The SMILES string of the molecule is Cc1cc(C)c(C)c(S(=O)(=O)N2CCN(c3ccc4nnc(C(F)(F)F)n4n3)CC2)c1C. The molecular formula is C20H23F3N6O2S. The van der Waals surface area contributed by atoms with E-state index in [0.717, 1.165) is 22.3 Å². The third-order valence-corrected chi connectivity index (χ3v) is 8.13. The quantitative estimate of drug-likeness (QED) is 0.588. The maximum Gasteiger partial charge on any atom is 0.453 e. The number of sulfonamides is 1. The normalized spacial score (nSPS) is 16.2. The molecule has 0 saturated carbocycles. The molecule has 172 valence electrons. The van der Waals surface area contributed by atoms with E-state index in [-0.39, 0.29) is 18.7 Å². The van der Waals surface area contributed by atoms with Gasteiger partial charge < -0.3 is 4.90 Å². The number of aromatic nitrogens is 4. The van der Waals surface area contributed by atoms with Crippen LogP contribution in [-0.2, 0) is 16.2 Å². The molecule has 0 bridgehead atoms. The first-order valence-corrected chi connectivity index (χ1v) is 11.5. The predicted molar refractivity (Wildman–Crippen MR) is 112 cm³/mol. The number of aryl methyl sites for hydroxylation is 2. The van der Waals surface area contributed by atoms with Gasteiger partial charge in [-0.15, -0.1) is 15.3 Å². The molecular weight excluding hydrogens is 445 g/mol. The maximum atomic E-state index is 13.4. The molecule has 0 N–H and O–H groups in total.